The molecule has 0 amide bonds. The molecule has 0 bridgehead atoms. The van der Waals surface area contributed by atoms with E-state index in [1.807, 2.05) is 0 Å². The summed E-state index contributed by atoms with van der Waals surface area (Å²) in [5.41, 5.74) is 7.18. The number of fused-ring (bicyclic) bond motifs is 1. The van der Waals surface area contributed by atoms with Gasteiger partial charge in [-0.05, 0) is 18.2 Å². The predicted octanol–water partition coefficient (Wildman–Crippen LogP) is 0.780. The minimum absolute atomic E-state index is 0.00487. The van der Waals surface area contributed by atoms with Crippen molar-refractivity contribution in [1.29, 1.82) is 0 Å². The maximum absolute atomic E-state index is 11.4. The van der Waals surface area contributed by atoms with Crippen molar-refractivity contribution in [3.63, 3.8) is 0 Å². The van der Waals surface area contributed by atoms with Gasteiger partial charge in [0.1, 0.15) is 0 Å². The van der Waals surface area contributed by atoms with Gasteiger partial charge < -0.3 is 10.5 Å². The third-order valence-corrected chi connectivity index (χ3v) is 2.24. The summed E-state index contributed by atoms with van der Waals surface area (Å²) >= 11 is 0. The number of ether oxygens (including phenoxy) is 1. The Morgan fingerprint density at radius 2 is 2.25 bits per heavy atom. The van der Waals surface area contributed by atoms with Crippen molar-refractivity contribution in [3.8, 4) is 5.88 Å². The van der Waals surface area contributed by atoms with Gasteiger partial charge in [0.2, 0.25) is 5.88 Å². The summed E-state index contributed by atoms with van der Waals surface area (Å²) in [5.74, 6) is 0.338. The normalized spacial score (nSPS) is 10.4. The van der Waals surface area contributed by atoms with Crippen molar-refractivity contribution >= 4 is 16.8 Å². The molecule has 2 rings (SSSR count). The Balaban J connectivity index is 2.51. The van der Waals surface area contributed by atoms with E-state index in [0.717, 1.165) is 0 Å². The van der Waals surface area contributed by atoms with E-state index in [-0.39, 0.29) is 12.3 Å². The van der Waals surface area contributed by atoms with E-state index in [4.69, 9.17) is 10.5 Å². The van der Waals surface area contributed by atoms with Crippen LogP contribution in [0.1, 0.15) is 10.4 Å². The first kappa shape index (κ1) is 10.5. The van der Waals surface area contributed by atoms with E-state index in [2.05, 4.69) is 9.97 Å². The van der Waals surface area contributed by atoms with E-state index in [0.29, 0.717) is 22.5 Å². The highest BCUT2D eigenvalue weighted by molar-refractivity contribution is 5.99. The lowest BCUT2D eigenvalue weighted by atomic mass is 10.1. The molecule has 1 aromatic carbocycles. The molecule has 2 aromatic rings. The highest BCUT2D eigenvalue weighted by atomic mass is 16.5. The second-order valence-electron chi connectivity index (χ2n) is 3.24. The SMILES string of the molecule is COc1cnc2cc(C(=O)CN)ccc2n1. The van der Waals surface area contributed by atoms with Crippen LogP contribution in [-0.2, 0) is 0 Å². The number of carbonyl (C=O) groups excluding carboxylic acids is 1. The Morgan fingerprint density at radius 3 is 2.94 bits per heavy atom. The first-order chi connectivity index (χ1) is 7.74. The van der Waals surface area contributed by atoms with Gasteiger partial charge in [-0.15, -0.1) is 0 Å². The molecule has 0 aliphatic heterocycles. The molecular formula is C11H11N3O2. The standard InChI is InChI=1S/C11H11N3O2/c1-16-11-6-13-9-4-7(10(15)5-12)2-3-8(9)14-11/h2-4,6H,5,12H2,1H3. The fourth-order valence-electron chi connectivity index (χ4n) is 1.38. The number of hydrogen-bond donors (Lipinski definition) is 1. The largest absolute Gasteiger partial charge is 0.480 e. The number of Topliss-reactive ketones (excluding diaryl/α,β-unsaturated/α-hetero) is 1. The summed E-state index contributed by atoms with van der Waals surface area (Å²) in [6.45, 7) is -0.00487. The number of methoxy groups -OCH3 is 1. The number of rotatable bonds is 3. The average molecular weight is 217 g/mol. The van der Waals surface area contributed by atoms with Gasteiger partial charge in [0, 0.05) is 5.56 Å². The topological polar surface area (TPSA) is 78.1 Å². The molecule has 0 saturated heterocycles. The van der Waals surface area contributed by atoms with Gasteiger partial charge in [0.05, 0.1) is 30.9 Å². The molecule has 5 heteroatoms. The number of aromatic nitrogens is 2. The van der Waals surface area contributed by atoms with E-state index in [9.17, 15) is 4.79 Å². The Bertz CT molecular complexity index is 540. The molecule has 0 radical (unpaired) electrons. The first-order valence-electron chi connectivity index (χ1n) is 4.78. The smallest absolute Gasteiger partial charge is 0.232 e. The van der Waals surface area contributed by atoms with Crippen LogP contribution in [0.3, 0.4) is 0 Å². The molecule has 82 valence electrons. The van der Waals surface area contributed by atoms with Crippen LogP contribution in [0.5, 0.6) is 5.88 Å². The zero-order chi connectivity index (χ0) is 11.5. The number of benzene rings is 1. The van der Waals surface area contributed by atoms with Crippen LogP contribution < -0.4 is 10.5 Å². The monoisotopic (exact) mass is 217 g/mol. The molecule has 0 fully saturated rings. The maximum Gasteiger partial charge on any atom is 0.232 e. The van der Waals surface area contributed by atoms with Crippen LogP contribution in [0.2, 0.25) is 0 Å². The van der Waals surface area contributed by atoms with Crippen LogP contribution in [0.25, 0.3) is 11.0 Å². The molecule has 5 nitrogen and oxygen atoms in total. The van der Waals surface area contributed by atoms with Crippen molar-refractivity contribution in [1.82, 2.24) is 9.97 Å². The molecule has 1 aromatic heterocycles. The molecule has 16 heavy (non-hydrogen) atoms. The molecule has 1 heterocycles. The summed E-state index contributed by atoms with van der Waals surface area (Å²) in [5, 5.41) is 0. The van der Waals surface area contributed by atoms with E-state index < -0.39 is 0 Å². The predicted molar refractivity (Wildman–Crippen MR) is 59.5 cm³/mol. The number of hydrogen-bond acceptors (Lipinski definition) is 5. The molecule has 0 spiro atoms. The number of nitrogens with two attached hydrogens (primary N) is 1. The number of ketones is 1. The summed E-state index contributed by atoms with van der Waals surface area (Å²) in [7, 11) is 1.53. The average Bonchev–Trinajstić information content (AvgIpc) is 2.36. The summed E-state index contributed by atoms with van der Waals surface area (Å²) in [6.07, 6.45) is 1.51. The molecule has 0 saturated carbocycles. The second-order valence-corrected chi connectivity index (χ2v) is 3.24. The highest BCUT2D eigenvalue weighted by Crippen LogP contribution is 2.15. The van der Waals surface area contributed by atoms with Crippen molar-refractivity contribution in [2.24, 2.45) is 5.73 Å². The van der Waals surface area contributed by atoms with Crippen molar-refractivity contribution in [2.45, 2.75) is 0 Å². The zero-order valence-corrected chi connectivity index (χ0v) is 8.80. The van der Waals surface area contributed by atoms with Gasteiger partial charge in [-0.2, -0.15) is 0 Å². The number of nitrogens with zero attached hydrogens (tertiary/aromatic N) is 2. The fraction of sp³-hybridized carbons (Fsp3) is 0.182. The maximum atomic E-state index is 11.4. The third-order valence-electron chi connectivity index (χ3n) is 2.24. The van der Waals surface area contributed by atoms with Gasteiger partial charge in [-0.25, -0.2) is 9.97 Å². The Labute approximate surface area is 92.3 Å². The molecular weight excluding hydrogens is 206 g/mol. The molecule has 0 atom stereocenters. The Hall–Kier alpha value is -2.01. The molecule has 0 aliphatic rings. The molecule has 2 N–H and O–H groups in total. The summed E-state index contributed by atoms with van der Waals surface area (Å²) in [6, 6.07) is 5.09. The Morgan fingerprint density at radius 1 is 1.44 bits per heavy atom. The third kappa shape index (κ3) is 1.85. The van der Waals surface area contributed by atoms with E-state index in [1.165, 1.54) is 13.3 Å². The zero-order valence-electron chi connectivity index (χ0n) is 8.80. The number of carbonyl (C=O) groups is 1. The van der Waals surface area contributed by atoms with Gasteiger partial charge in [0.15, 0.2) is 5.78 Å². The van der Waals surface area contributed by atoms with Gasteiger partial charge in [-0.3, -0.25) is 4.79 Å². The minimum atomic E-state index is -0.112. The summed E-state index contributed by atoms with van der Waals surface area (Å²) in [4.78, 5) is 19.7. The lowest BCUT2D eigenvalue weighted by Gasteiger charge is -2.02. The minimum Gasteiger partial charge on any atom is -0.480 e. The van der Waals surface area contributed by atoms with Crippen molar-refractivity contribution < 1.29 is 9.53 Å². The molecule has 0 unspecified atom stereocenters. The van der Waals surface area contributed by atoms with Crippen LogP contribution >= 0.6 is 0 Å². The quantitative estimate of drug-likeness (QED) is 0.768. The van der Waals surface area contributed by atoms with Crippen LogP contribution in [0.4, 0.5) is 0 Å². The first-order valence-corrected chi connectivity index (χ1v) is 4.78. The molecule has 0 aliphatic carbocycles. The second kappa shape index (κ2) is 4.24. The fourth-order valence-corrected chi connectivity index (χ4v) is 1.38. The van der Waals surface area contributed by atoms with Gasteiger partial charge in [0.25, 0.3) is 0 Å². The van der Waals surface area contributed by atoms with Crippen LogP contribution in [0, 0.1) is 0 Å². The lowest BCUT2D eigenvalue weighted by Crippen LogP contribution is -2.13. The van der Waals surface area contributed by atoms with Crippen molar-refractivity contribution in [3.05, 3.63) is 30.0 Å². The van der Waals surface area contributed by atoms with Gasteiger partial charge >= 0.3 is 0 Å². The lowest BCUT2D eigenvalue weighted by molar-refractivity contribution is 0.100. The Kier molecular flexibility index (Phi) is 2.78. The highest BCUT2D eigenvalue weighted by Gasteiger charge is 2.06. The summed E-state index contributed by atoms with van der Waals surface area (Å²) < 4.78 is 4.96. The van der Waals surface area contributed by atoms with Crippen LogP contribution in [0.15, 0.2) is 24.4 Å². The van der Waals surface area contributed by atoms with E-state index in [1.54, 1.807) is 18.2 Å². The van der Waals surface area contributed by atoms with Gasteiger partial charge in [-0.1, -0.05) is 0 Å². The van der Waals surface area contributed by atoms with E-state index >= 15 is 0 Å². The van der Waals surface area contributed by atoms with Crippen molar-refractivity contribution in [2.75, 3.05) is 13.7 Å². The van der Waals surface area contributed by atoms with Crippen LogP contribution in [-0.4, -0.2) is 29.4 Å².